The number of pyridine rings is 1. The Balaban J connectivity index is 1.49. The van der Waals surface area contributed by atoms with Crippen molar-refractivity contribution in [2.45, 2.75) is 25.3 Å². The number of likely N-dealkylation sites (tertiary alicyclic amines) is 1. The van der Waals surface area contributed by atoms with Gasteiger partial charge in [-0.2, -0.15) is 0 Å². The minimum atomic E-state index is 0.142. The number of carbonyl (C=O) groups is 1. The fourth-order valence-corrected chi connectivity index (χ4v) is 3.87. The number of amides is 1. The lowest BCUT2D eigenvalue weighted by atomic mass is 10.0. The molecule has 3 heterocycles. The van der Waals surface area contributed by atoms with Gasteiger partial charge in [0.25, 0.3) is 5.91 Å². The van der Waals surface area contributed by atoms with Gasteiger partial charge in [0.2, 0.25) is 0 Å². The predicted molar refractivity (Wildman–Crippen MR) is 103 cm³/mol. The quantitative estimate of drug-likeness (QED) is 0.925. The fourth-order valence-electron chi connectivity index (χ4n) is 3.87. The first-order valence-electron chi connectivity index (χ1n) is 9.60. The smallest absolute Gasteiger partial charge is 0.254 e. The van der Waals surface area contributed by atoms with Crippen LogP contribution in [0.4, 0.5) is 5.82 Å². The highest BCUT2D eigenvalue weighted by molar-refractivity contribution is 5.94. The fraction of sp³-hybridized carbons (Fsp3) is 0.429. The first kappa shape index (κ1) is 17.0. The Morgan fingerprint density at radius 3 is 2.65 bits per heavy atom. The Labute approximate surface area is 155 Å². The summed E-state index contributed by atoms with van der Waals surface area (Å²) in [5.74, 6) is 1.04. The molecule has 26 heavy (non-hydrogen) atoms. The molecule has 2 aromatic rings. The van der Waals surface area contributed by atoms with Crippen LogP contribution >= 0.6 is 0 Å². The molecule has 2 aliphatic heterocycles. The van der Waals surface area contributed by atoms with E-state index in [1.54, 1.807) is 6.20 Å². The molecule has 5 nitrogen and oxygen atoms in total. The Hall–Kier alpha value is -2.40. The van der Waals surface area contributed by atoms with Gasteiger partial charge >= 0.3 is 0 Å². The van der Waals surface area contributed by atoms with Gasteiger partial charge in [-0.05, 0) is 37.0 Å². The lowest BCUT2D eigenvalue weighted by molar-refractivity contribution is 0.0724. The summed E-state index contributed by atoms with van der Waals surface area (Å²) in [6.07, 6.45) is 5.22. The van der Waals surface area contributed by atoms with Crippen molar-refractivity contribution in [3.05, 3.63) is 59.8 Å². The number of anilines is 1. The first-order valence-corrected chi connectivity index (χ1v) is 9.60. The van der Waals surface area contributed by atoms with E-state index in [1.165, 1.54) is 12.0 Å². The summed E-state index contributed by atoms with van der Waals surface area (Å²) >= 11 is 0. The molecule has 0 saturated carbocycles. The summed E-state index contributed by atoms with van der Waals surface area (Å²) < 4.78 is 0. The van der Waals surface area contributed by atoms with Gasteiger partial charge in [0.1, 0.15) is 5.82 Å². The molecular weight excluding hydrogens is 324 g/mol. The Morgan fingerprint density at radius 2 is 1.85 bits per heavy atom. The lowest BCUT2D eigenvalue weighted by Crippen LogP contribution is -2.46. The summed E-state index contributed by atoms with van der Waals surface area (Å²) in [6, 6.07) is 14.6. The summed E-state index contributed by atoms with van der Waals surface area (Å²) in [5.41, 5.74) is 2.05. The second kappa shape index (κ2) is 7.87. The van der Waals surface area contributed by atoms with Crippen LogP contribution in [0.3, 0.4) is 0 Å². The van der Waals surface area contributed by atoms with E-state index in [9.17, 15) is 4.79 Å². The Kier molecular flexibility index (Phi) is 5.16. The van der Waals surface area contributed by atoms with Crippen LogP contribution in [0.15, 0.2) is 48.7 Å². The normalized spacial score (nSPS) is 20.8. The average Bonchev–Trinajstić information content (AvgIpc) is 2.75. The van der Waals surface area contributed by atoms with Crippen LogP contribution < -0.4 is 10.2 Å². The molecule has 1 atom stereocenters. The lowest BCUT2D eigenvalue weighted by Gasteiger charge is -2.35. The number of aromatic nitrogens is 1. The molecule has 5 heteroatoms. The maximum Gasteiger partial charge on any atom is 0.254 e. The molecule has 0 spiro atoms. The first-order chi connectivity index (χ1) is 12.8. The molecule has 4 rings (SSSR count). The standard InChI is InChI=1S/C21H26N4O/c26-21(24-12-5-2-6-13-24)18-9-10-23-20(15-18)25-14-11-22-19(16-25)17-7-3-1-4-8-17/h1,3-4,7-10,15,19,22H,2,5-6,11-14,16H2/t19-/m0/s1. The third-order valence-corrected chi connectivity index (χ3v) is 5.34. The SMILES string of the molecule is O=C(c1ccnc(N2CCN[C@H](c3ccccc3)C2)c1)N1CCCCC1. The van der Waals surface area contributed by atoms with E-state index in [1.807, 2.05) is 23.1 Å². The van der Waals surface area contributed by atoms with Crippen LogP contribution in [0.2, 0.25) is 0 Å². The Morgan fingerprint density at radius 1 is 1.04 bits per heavy atom. The van der Waals surface area contributed by atoms with Gasteiger partial charge in [0, 0.05) is 50.5 Å². The number of piperidine rings is 1. The number of nitrogens with zero attached hydrogens (tertiary/aromatic N) is 3. The highest BCUT2D eigenvalue weighted by atomic mass is 16.2. The monoisotopic (exact) mass is 350 g/mol. The van der Waals surface area contributed by atoms with E-state index in [0.717, 1.165) is 56.9 Å². The average molecular weight is 350 g/mol. The van der Waals surface area contributed by atoms with E-state index in [2.05, 4.69) is 39.5 Å². The summed E-state index contributed by atoms with van der Waals surface area (Å²) in [4.78, 5) is 21.6. The van der Waals surface area contributed by atoms with E-state index in [4.69, 9.17) is 0 Å². The van der Waals surface area contributed by atoms with Crippen molar-refractivity contribution in [3.8, 4) is 0 Å². The summed E-state index contributed by atoms with van der Waals surface area (Å²) in [6.45, 7) is 4.42. The van der Waals surface area contributed by atoms with E-state index >= 15 is 0 Å². The number of benzene rings is 1. The van der Waals surface area contributed by atoms with Crippen molar-refractivity contribution in [3.63, 3.8) is 0 Å². The number of nitrogens with one attached hydrogen (secondary N) is 1. The van der Waals surface area contributed by atoms with Crippen molar-refractivity contribution >= 4 is 11.7 Å². The van der Waals surface area contributed by atoms with Crippen molar-refractivity contribution in [2.75, 3.05) is 37.6 Å². The second-order valence-electron chi connectivity index (χ2n) is 7.12. The molecule has 1 aromatic heterocycles. The third-order valence-electron chi connectivity index (χ3n) is 5.34. The van der Waals surface area contributed by atoms with Crippen molar-refractivity contribution in [2.24, 2.45) is 0 Å². The molecule has 136 valence electrons. The van der Waals surface area contributed by atoms with Crippen LogP contribution in [-0.2, 0) is 0 Å². The molecular formula is C21H26N4O. The van der Waals surface area contributed by atoms with Gasteiger partial charge in [-0.25, -0.2) is 4.98 Å². The molecule has 1 aromatic carbocycles. The molecule has 1 N–H and O–H groups in total. The number of carbonyl (C=O) groups excluding carboxylic acids is 1. The minimum Gasteiger partial charge on any atom is -0.353 e. The second-order valence-corrected chi connectivity index (χ2v) is 7.12. The largest absolute Gasteiger partial charge is 0.353 e. The van der Waals surface area contributed by atoms with Crippen molar-refractivity contribution in [1.82, 2.24) is 15.2 Å². The number of hydrogen-bond donors (Lipinski definition) is 1. The van der Waals surface area contributed by atoms with Gasteiger partial charge in [-0.3, -0.25) is 4.79 Å². The van der Waals surface area contributed by atoms with Gasteiger partial charge < -0.3 is 15.1 Å². The summed E-state index contributed by atoms with van der Waals surface area (Å²) in [7, 11) is 0. The Bertz CT molecular complexity index is 743. The topological polar surface area (TPSA) is 48.5 Å². The number of rotatable bonds is 3. The summed E-state index contributed by atoms with van der Waals surface area (Å²) in [5, 5.41) is 3.58. The van der Waals surface area contributed by atoms with Crippen LogP contribution in [0, 0.1) is 0 Å². The van der Waals surface area contributed by atoms with E-state index in [0.29, 0.717) is 0 Å². The van der Waals surface area contributed by atoms with E-state index < -0.39 is 0 Å². The molecule has 2 aliphatic rings. The molecule has 0 bridgehead atoms. The third kappa shape index (κ3) is 3.73. The van der Waals surface area contributed by atoms with Gasteiger partial charge in [-0.1, -0.05) is 30.3 Å². The minimum absolute atomic E-state index is 0.142. The highest BCUT2D eigenvalue weighted by Gasteiger charge is 2.23. The maximum absolute atomic E-state index is 12.8. The predicted octanol–water partition coefficient (Wildman–Crippen LogP) is 2.86. The zero-order chi connectivity index (χ0) is 17.8. The number of piperazine rings is 1. The molecule has 0 aliphatic carbocycles. The van der Waals surface area contributed by atoms with Gasteiger partial charge in [0.15, 0.2) is 0 Å². The van der Waals surface area contributed by atoms with Crippen molar-refractivity contribution in [1.29, 1.82) is 0 Å². The van der Waals surface area contributed by atoms with Crippen molar-refractivity contribution < 1.29 is 4.79 Å². The zero-order valence-electron chi connectivity index (χ0n) is 15.1. The number of hydrogen-bond acceptors (Lipinski definition) is 4. The molecule has 0 radical (unpaired) electrons. The van der Waals surface area contributed by atoms with Crippen LogP contribution in [-0.4, -0.2) is 48.5 Å². The van der Waals surface area contributed by atoms with Crippen LogP contribution in [0.25, 0.3) is 0 Å². The molecule has 0 unspecified atom stereocenters. The van der Waals surface area contributed by atoms with E-state index in [-0.39, 0.29) is 11.9 Å². The van der Waals surface area contributed by atoms with Gasteiger partial charge in [0.05, 0.1) is 0 Å². The highest BCUT2D eigenvalue weighted by Crippen LogP contribution is 2.22. The van der Waals surface area contributed by atoms with Crippen LogP contribution in [0.5, 0.6) is 0 Å². The molecule has 2 saturated heterocycles. The zero-order valence-corrected chi connectivity index (χ0v) is 15.1. The van der Waals surface area contributed by atoms with Crippen LogP contribution in [0.1, 0.15) is 41.2 Å². The molecule has 1 amide bonds. The van der Waals surface area contributed by atoms with Gasteiger partial charge in [-0.15, -0.1) is 0 Å². The maximum atomic E-state index is 12.8. The molecule has 2 fully saturated rings.